The second kappa shape index (κ2) is 3.71. The summed E-state index contributed by atoms with van der Waals surface area (Å²) in [5.74, 6) is 0.341. The van der Waals surface area contributed by atoms with Crippen LogP contribution in [0.5, 0.6) is 0 Å². The Balaban J connectivity index is 2.10. The van der Waals surface area contributed by atoms with Gasteiger partial charge < -0.3 is 0 Å². The van der Waals surface area contributed by atoms with Gasteiger partial charge in [0.1, 0.15) is 12.7 Å². The number of aromatic amines is 1. The normalized spacial score (nSPS) is 10.6. The lowest BCUT2D eigenvalue weighted by Gasteiger charge is -2.05. The van der Waals surface area contributed by atoms with Crippen molar-refractivity contribution < 1.29 is 0 Å². The molecule has 2 heterocycles. The topological polar surface area (TPSA) is 88.5 Å². The van der Waals surface area contributed by atoms with Gasteiger partial charge in [0.25, 0.3) is 5.56 Å². The molecule has 0 amide bonds. The number of hydrogen-bond acceptors (Lipinski definition) is 5. The molecule has 0 aliphatic carbocycles. The number of aromatic nitrogens is 5. The fraction of sp³-hybridized carbons (Fsp3) is 0. The zero-order valence-electron chi connectivity index (χ0n) is 8.66. The molecule has 0 aliphatic heterocycles. The first-order valence-electron chi connectivity index (χ1n) is 4.94. The van der Waals surface area contributed by atoms with Gasteiger partial charge in [0.05, 0.1) is 10.9 Å². The van der Waals surface area contributed by atoms with E-state index in [-0.39, 0.29) is 5.56 Å². The summed E-state index contributed by atoms with van der Waals surface area (Å²) >= 11 is 0. The maximum absolute atomic E-state index is 11.8. The van der Waals surface area contributed by atoms with Crippen LogP contribution in [0.2, 0.25) is 0 Å². The molecule has 0 saturated heterocycles. The maximum atomic E-state index is 11.8. The van der Waals surface area contributed by atoms with Gasteiger partial charge in [-0.2, -0.15) is 0 Å². The van der Waals surface area contributed by atoms with Gasteiger partial charge in [-0.1, -0.05) is 12.1 Å². The van der Waals surface area contributed by atoms with Crippen LogP contribution in [0, 0.1) is 0 Å². The lowest BCUT2D eigenvalue weighted by atomic mass is 10.2. The number of hydrogen-bond donors (Lipinski definition) is 2. The lowest BCUT2D eigenvalue weighted by Crippen LogP contribution is -2.15. The van der Waals surface area contributed by atoms with Crippen LogP contribution in [0.15, 0.2) is 41.7 Å². The van der Waals surface area contributed by atoms with Crippen molar-refractivity contribution in [1.82, 2.24) is 24.8 Å². The van der Waals surface area contributed by atoms with E-state index < -0.39 is 0 Å². The molecule has 0 atom stereocenters. The zero-order valence-corrected chi connectivity index (χ0v) is 8.66. The van der Waals surface area contributed by atoms with Crippen molar-refractivity contribution in [3.05, 3.63) is 47.3 Å². The molecule has 0 spiro atoms. The molecule has 7 heteroatoms. The summed E-state index contributed by atoms with van der Waals surface area (Å²) in [6, 6.07) is 7.13. The number of rotatable bonds is 2. The number of anilines is 1. The predicted molar refractivity (Wildman–Crippen MR) is 61.4 cm³/mol. The highest BCUT2D eigenvalue weighted by Gasteiger charge is 2.02. The molecular formula is C10H8N6O. The van der Waals surface area contributed by atoms with E-state index in [1.165, 1.54) is 17.3 Å². The van der Waals surface area contributed by atoms with Crippen molar-refractivity contribution in [2.45, 2.75) is 0 Å². The summed E-state index contributed by atoms with van der Waals surface area (Å²) in [5, 5.41) is 7.82. The van der Waals surface area contributed by atoms with Gasteiger partial charge in [-0.25, -0.2) is 9.66 Å². The van der Waals surface area contributed by atoms with E-state index in [1.807, 2.05) is 6.07 Å². The molecule has 2 aromatic heterocycles. The highest BCUT2D eigenvalue weighted by Crippen LogP contribution is 2.07. The molecular weight excluding hydrogens is 220 g/mol. The van der Waals surface area contributed by atoms with Crippen LogP contribution in [0.3, 0.4) is 0 Å². The molecule has 2 N–H and O–H groups in total. The van der Waals surface area contributed by atoms with Crippen LogP contribution >= 0.6 is 0 Å². The Morgan fingerprint density at radius 2 is 1.94 bits per heavy atom. The average Bonchev–Trinajstić information content (AvgIpc) is 2.82. The maximum Gasteiger partial charge on any atom is 0.260 e. The van der Waals surface area contributed by atoms with E-state index in [4.69, 9.17) is 0 Å². The summed E-state index contributed by atoms with van der Waals surface area (Å²) < 4.78 is 1.49. The van der Waals surface area contributed by atoms with E-state index in [1.54, 1.807) is 18.2 Å². The van der Waals surface area contributed by atoms with Gasteiger partial charge in [-0.3, -0.25) is 15.2 Å². The monoisotopic (exact) mass is 228 g/mol. The summed E-state index contributed by atoms with van der Waals surface area (Å²) in [6.45, 7) is 0. The van der Waals surface area contributed by atoms with Crippen molar-refractivity contribution in [3.63, 3.8) is 0 Å². The molecule has 0 radical (unpaired) electrons. The Hall–Kier alpha value is -2.70. The third-order valence-corrected chi connectivity index (χ3v) is 2.27. The smallest absolute Gasteiger partial charge is 0.260 e. The van der Waals surface area contributed by atoms with Crippen molar-refractivity contribution in [2.24, 2.45) is 0 Å². The Kier molecular flexibility index (Phi) is 2.08. The second-order valence-electron chi connectivity index (χ2n) is 3.41. The molecule has 17 heavy (non-hydrogen) atoms. The van der Waals surface area contributed by atoms with Crippen LogP contribution in [0.25, 0.3) is 10.9 Å². The van der Waals surface area contributed by atoms with Gasteiger partial charge in [0, 0.05) is 0 Å². The summed E-state index contributed by atoms with van der Waals surface area (Å²) in [6.07, 6.45) is 2.93. The van der Waals surface area contributed by atoms with E-state index in [2.05, 4.69) is 25.6 Å². The highest BCUT2D eigenvalue weighted by atomic mass is 16.1. The Morgan fingerprint density at radius 1 is 1.18 bits per heavy atom. The molecule has 0 fully saturated rings. The molecule has 0 saturated carbocycles. The van der Waals surface area contributed by atoms with Crippen LogP contribution in [-0.2, 0) is 0 Å². The molecule has 7 nitrogen and oxygen atoms in total. The van der Waals surface area contributed by atoms with Crippen molar-refractivity contribution in [2.75, 3.05) is 5.43 Å². The number of nitrogens with one attached hydrogen (secondary N) is 2. The van der Waals surface area contributed by atoms with E-state index >= 15 is 0 Å². The van der Waals surface area contributed by atoms with Gasteiger partial charge in [0.15, 0.2) is 0 Å². The standard InChI is InChI=1S/C10H8N6O/c17-9-7-3-1-2-4-8(7)13-10(14-9)15-16-5-11-12-6-16/h1-6H,(H2,13,14,15,17). The fourth-order valence-corrected chi connectivity index (χ4v) is 1.52. The SMILES string of the molecule is O=c1[nH]c(Nn2cnnc2)nc2ccccc12. The quantitative estimate of drug-likeness (QED) is 0.662. The largest absolute Gasteiger partial charge is 0.291 e. The summed E-state index contributed by atoms with van der Waals surface area (Å²) in [5.41, 5.74) is 3.28. The van der Waals surface area contributed by atoms with Gasteiger partial charge in [-0.15, -0.1) is 10.2 Å². The molecule has 3 aromatic rings. The minimum absolute atomic E-state index is 0.189. The first-order valence-corrected chi connectivity index (χ1v) is 4.94. The Bertz CT molecular complexity index is 702. The summed E-state index contributed by atoms with van der Waals surface area (Å²) in [7, 11) is 0. The van der Waals surface area contributed by atoms with Crippen LogP contribution in [0.4, 0.5) is 5.95 Å². The second-order valence-corrected chi connectivity index (χ2v) is 3.41. The lowest BCUT2D eigenvalue weighted by molar-refractivity contribution is 0.914. The van der Waals surface area contributed by atoms with E-state index in [0.717, 1.165) is 0 Å². The number of benzene rings is 1. The first kappa shape index (κ1) is 9.52. The van der Waals surface area contributed by atoms with Gasteiger partial charge in [0.2, 0.25) is 5.95 Å². The predicted octanol–water partition coefficient (Wildman–Crippen LogP) is 0.390. The van der Waals surface area contributed by atoms with Gasteiger partial charge >= 0.3 is 0 Å². The average molecular weight is 228 g/mol. The molecule has 0 unspecified atom stereocenters. The van der Waals surface area contributed by atoms with E-state index in [0.29, 0.717) is 16.9 Å². The molecule has 0 bridgehead atoms. The number of fused-ring (bicyclic) bond motifs is 1. The number of nitrogens with zero attached hydrogens (tertiary/aromatic N) is 4. The van der Waals surface area contributed by atoms with Crippen molar-refractivity contribution in [1.29, 1.82) is 0 Å². The Morgan fingerprint density at radius 3 is 2.76 bits per heavy atom. The van der Waals surface area contributed by atoms with Crippen LogP contribution in [0.1, 0.15) is 0 Å². The number of para-hydroxylation sites is 1. The molecule has 1 aromatic carbocycles. The summed E-state index contributed by atoms with van der Waals surface area (Å²) in [4.78, 5) is 18.7. The third-order valence-electron chi connectivity index (χ3n) is 2.27. The molecule has 84 valence electrons. The van der Waals surface area contributed by atoms with Crippen LogP contribution in [-0.4, -0.2) is 24.8 Å². The number of H-pyrrole nitrogens is 1. The zero-order chi connectivity index (χ0) is 11.7. The molecule has 3 rings (SSSR count). The molecule has 0 aliphatic rings. The minimum atomic E-state index is -0.189. The van der Waals surface area contributed by atoms with Crippen molar-refractivity contribution in [3.8, 4) is 0 Å². The highest BCUT2D eigenvalue weighted by molar-refractivity contribution is 5.78. The van der Waals surface area contributed by atoms with Gasteiger partial charge in [-0.05, 0) is 12.1 Å². The fourth-order valence-electron chi connectivity index (χ4n) is 1.52. The first-order chi connectivity index (χ1) is 8.33. The minimum Gasteiger partial charge on any atom is -0.291 e. The third kappa shape index (κ3) is 1.73. The Labute approximate surface area is 95.1 Å². The van der Waals surface area contributed by atoms with Crippen LogP contribution < -0.4 is 11.0 Å². The van der Waals surface area contributed by atoms with Crippen molar-refractivity contribution >= 4 is 16.9 Å². The van der Waals surface area contributed by atoms with E-state index in [9.17, 15) is 4.79 Å².